The molecule has 2 aromatic rings. The Balaban J connectivity index is 1.19. The van der Waals surface area contributed by atoms with Gasteiger partial charge in [-0.25, -0.2) is 0 Å². The van der Waals surface area contributed by atoms with Gasteiger partial charge in [0.2, 0.25) is 0 Å². The first-order chi connectivity index (χ1) is 19.0. The summed E-state index contributed by atoms with van der Waals surface area (Å²) in [6.45, 7) is 3.74. The van der Waals surface area contributed by atoms with Gasteiger partial charge in [0.1, 0.15) is 6.10 Å². The highest BCUT2D eigenvalue weighted by Crippen LogP contribution is 2.50. The average molecular weight is 532 g/mol. The number of rotatable bonds is 13. The number of fused-ring (bicyclic) bond motifs is 2. The van der Waals surface area contributed by atoms with Crippen LogP contribution in [0.15, 0.2) is 72.8 Å². The molecule has 208 valence electrons. The Morgan fingerprint density at radius 1 is 1.05 bits per heavy atom. The Morgan fingerprint density at radius 2 is 1.77 bits per heavy atom. The molecule has 7 atom stereocenters. The maximum atomic E-state index is 11.8. The van der Waals surface area contributed by atoms with Crippen LogP contribution in [0, 0.1) is 11.8 Å². The number of epoxide rings is 1. The maximum Gasteiger partial charge on any atom is 0.494 e. The molecule has 2 saturated heterocycles. The van der Waals surface area contributed by atoms with Gasteiger partial charge in [0, 0.05) is 18.4 Å². The van der Waals surface area contributed by atoms with E-state index in [1.54, 1.807) is 0 Å². The molecule has 0 aromatic heterocycles. The second-order valence-corrected chi connectivity index (χ2v) is 11.4. The van der Waals surface area contributed by atoms with Crippen molar-refractivity contribution in [3.05, 3.63) is 78.4 Å². The highest BCUT2D eigenvalue weighted by atomic mass is 16.6. The summed E-state index contributed by atoms with van der Waals surface area (Å²) in [5.41, 5.74) is 2.26. The van der Waals surface area contributed by atoms with Crippen molar-refractivity contribution in [3.63, 3.8) is 0 Å². The summed E-state index contributed by atoms with van der Waals surface area (Å²) in [5.74, 6) is 0.288. The summed E-state index contributed by atoms with van der Waals surface area (Å²) >= 11 is 0. The Hall–Kier alpha value is -2.45. The number of benzene rings is 2. The van der Waals surface area contributed by atoms with Gasteiger partial charge < -0.3 is 23.9 Å². The van der Waals surface area contributed by atoms with E-state index < -0.39 is 6.10 Å². The molecule has 2 aromatic carbocycles. The zero-order chi connectivity index (χ0) is 27.2. The van der Waals surface area contributed by atoms with Crippen LogP contribution < -0.4 is 5.46 Å². The molecule has 0 radical (unpaired) electrons. The molecule has 7 heteroatoms. The van der Waals surface area contributed by atoms with Crippen LogP contribution in [0.5, 0.6) is 0 Å². The number of carbonyl (C=O) groups is 1. The van der Waals surface area contributed by atoms with Gasteiger partial charge in [-0.05, 0) is 69.3 Å². The van der Waals surface area contributed by atoms with Gasteiger partial charge in [-0.2, -0.15) is 0 Å². The molecule has 1 aliphatic carbocycles. The number of esters is 1. The van der Waals surface area contributed by atoms with Gasteiger partial charge in [0.15, 0.2) is 0 Å². The predicted octanol–water partition coefficient (Wildman–Crippen LogP) is 4.63. The number of ether oxygens (including phenoxy) is 2. The van der Waals surface area contributed by atoms with Crippen molar-refractivity contribution in [1.82, 2.24) is 0 Å². The topological polar surface area (TPSA) is 77.5 Å². The fourth-order valence-corrected chi connectivity index (χ4v) is 6.20. The molecule has 3 aliphatic rings. The minimum atomic E-state index is -0.497. The smallest absolute Gasteiger partial charge is 0.463 e. The van der Waals surface area contributed by atoms with Crippen LogP contribution in [0.25, 0.3) is 0 Å². The Kier molecular flexibility index (Phi) is 9.56. The van der Waals surface area contributed by atoms with Gasteiger partial charge >= 0.3 is 13.1 Å². The van der Waals surface area contributed by atoms with Crippen LogP contribution in [0.2, 0.25) is 0 Å². The van der Waals surface area contributed by atoms with Crippen molar-refractivity contribution in [1.29, 1.82) is 0 Å². The van der Waals surface area contributed by atoms with Crippen molar-refractivity contribution in [2.24, 2.45) is 11.8 Å². The van der Waals surface area contributed by atoms with E-state index in [0.717, 1.165) is 37.6 Å². The van der Waals surface area contributed by atoms with Crippen LogP contribution in [-0.4, -0.2) is 54.8 Å². The highest BCUT2D eigenvalue weighted by Gasteiger charge is 2.60. The molecule has 0 amide bonds. The van der Waals surface area contributed by atoms with Crippen LogP contribution >= 0.6 is 0 Å². The standard InChI is InChI=1S/C32H41BO6/c1-22(2)36-29(35)18-12-4-3-11-17-25-27-21-28(39-33(38-27)24-15-9-6-10-16-24)30(25)32-31(37-32)26(34)20-19-23-13-7-5-8-14-23/h3,5-11,13-16,22,25-28,30-32,34H,4,12,17-21H2,1-2H3/b11-3-/t25-,26+,27-,28+,30+,31+,32+/m0/s1. The molecule has 1 saturated carbocycles. The van der Waals surface area contributed by atoms with Crippen LogP contribution in [-0.2, 0) is 30.0 Å². The van der Waals surface area contributed by atoms with E-state index in [1.165, 1.54) is 5.56 Å². The number of hydrogen-bond acceptors (Lipinski definition) is 6. The predicted molar refractivity (Wildman–Crippen MR) is 151 cm³/mol. The Labute approximate surface area is 232 Å². The Morgan fingerprint density at radius 3 is 2.51 bits per heavy atom. The number of unbranched alkanes of at least 4 members (excludes halogenated alkanes) is 1. The number of hydrogen-bond donors (Lipinski definition) is 1. The summed E-state index contributed by atoms with van der Waals surface area (Å²) in [6, 6.07) is 20.4. The lowest BCUT2D eigenvalue weighted by atomic mass is 9.77. The fourth-order valence-electron chi connectivity index (χ4n) is 6.20. The summed E-state index contributed by atoms with van der Waals surface area (Å²) < 4.78 is 24.4. The van der Waals surface area contributed by atoms with Gasteiger partial charge in [-0.1, -0.05) is 72.8 Å². The first-order valence-corrected chi connectivity index (χ1v) is 14.6. The minimum Gasteiger partial charge on any atom is -0.463 e. The second-order valence-electron chi connectivity index (χ2n) is 11.4. The molecule has 39 heavy (non-hydrogen) atoms. The minimum absolute atomic E-state index is 0.0203. The van der Waals surface area contributed by atoms with Crippen molar-refractivity contribution >= 4 is 18.6 Å². The van der Waals surface area contributed by atoms with Crippen molar-refractivity contribution in [2.75, 3.05) is 0 Å². The molecule has 5 rings (SSSR count). The third-order valence-electron chi connectivity index (χ3n) is 8.12. The largest absolute Gasteiger partial charge is 0.494 e. The zero-order valence-electron chi connectivity index (χ0n) is 23.1. The maximum absolute atomic E-state index is 11.8. The molecule has 2 heterocycles. The number of aliphatic hydroxyl groups is 1. The highest BCUT2D eigenvalue weighted by molar-refractivity contribution is 6.61. The first-order valence-electron chi connectivity index (χ1n) is 14.6. The van der Waals surface area contributed by atoms with Crippen molar-refractivity contribution in [3.8, 4) is 0 Å². The van der Waals surface area contributed by atoms with E-state index in [9.17, 15) is 9.90 Å². The van der Waals surface area contributed by atoms with Gasteiger partial charge in [-0.15, -0.1) is 0 Å². The van der Waals surface area contributed by atoms with Gasteiger partial charge in [0.05, 0.1) is 24.4 Å². The van der Waals surface area contributed by atoms with E-state index in [1.807, 2.05) is 62.4 Å². The van der Waals surface area contributed by atoms with Crippen LogP contribution in [0.3, 0.4) is 0 Å². The number of allylic oxidation sites excluding steroid dienone is 2. The summed E-state index contributed by atoms with van der Waals surface area (Å²) in [7, 11) is -0.376. The third kappa shape index (κ3) is 7.40. The van der Waals surface area contributed by atoms with Gasteiger partial charge in [0.25, 0.3) is 0 Å². The van der Waals surface area contributed by atoms with E-state index in [2.05, 4.69) is 24.3 Å². The molecular weight excluding hydrogens is 491 g/mol. The fraction of sp³-hybridized carbons (Fsp3) is 0.531. The Bertz CT molecular complexity index is 1080. The number of aliphatic hydroxyl groups excluding tert-OH is 1. The van der Waals surface area contributed by atoms with Crippen molar-refractivity contribution in [2.45, 2.75) is 95.4 Å². The van der Waals surface area contributed by atoms with E-state index in [4.69, 9.17) is 18.8 Å². The first kappa shape index (κ1) is 28.1. The van der Waals surface area contributed by atoms with Crippen molar-refractivity contribution < 1.29 is 28.7 Å². The lowest BCUT2D eigenvalue weighted by molar-refractivity contribution is -0.147. The lowest BCUT2D eigenvalue weighted by Gasteiger charge is -2.28. The van der Waals surface area contributed by atoms with Crippen LogP contribution in [0.1, 0.15) is 57.9 Å². The molecular formula is C32H41BO6. The monoisotopic (exact) mass is 532 g/mol. The van der Waals surface area contributed by atoms with E-state index >= 15 is 0 Å². The molecule has 2 bridgehead atoms. The van der Waals surface area contributed by atoms with Crippen LogP contribution in [0.4, 0.5) is 0 Å². The van der Waals surface area contributed by atoms with E-state index in [0.29, 0.717) is 12.8 Å². The lowest BCUT2D eigenvalue weighted by Crippen LogP contribution is -2.46. The SMILES string of the molecule is CC(C)OC(=O)CCC/C=C\C[C@@H]1[C@@H]([C@H]2O[C@@H]2[C@H](O)CCc2ccccc2)[C@H]2C[C@@H]1OB(c1ccccc1)O2. The molecule has 3 fully saturated rings. The molecule has 0 unspecified atom stereocenters. The number of carbonyl (C=O) groups excluding carboxylic acids is 1. The quantitative estimate of drug-likeness (QED) is 0.133. The zero-order valence-corrected chi connectivity index (χ0v) is 23.1. The number of aryl methyl sites for hydroxylation is 1. The van der Waals surface area contributed by atoms with E-state index in [-0.39, 0.29) is 55.4 Å². The average Bonchev–Trinajstić information content (AvgIpc) is 3.69. The molecule has 1 N–H and O–H groups in total. The second kappa shape index (κ2) is 13.3. The van der Waals surface area contributed by atoms with Gasteiger partial charge in [-0.3, -0.25) is 4.79 Å². The molecule has 6 nitrogen and oxygen atoms in total. The summed E-state index contributed by atoms with van der Waals surface area (Å²) in [5, 5.41) is 11.0. The summed E-state index contributed by atoms with van der Waals surface area (Å²) in [4.78, 5) is 11.8. The normalized spacial score (nSPS) is 28.7. The third-order valence-corrected chi connectivity index (χ3v) is 8.12. The molecule has 0 spiro atoms. The summed E-state index contributed by atoms with van der Waals surface area (Å²) in [6.07, 6.45) is 9.03. The molecule has 2 aliphatic heterocycles.